The molecule has 4 heteroatoms. The van der Waals surface area contributed by atoms with Gasteiger partial charge >= 0.3 is 0 Å². The summed E-state index contributed by atoms with van der Waals surface area (Å²) in [5.74, 6) is 0.0448. The number of rotatable bonds is 8. The molecule has 1 atom stereocenters. The Morgan fingerprint density at radius 3 is 2.50 bits per heavy atom. The molecule has 0 aromatic rings. The van der Waals surface area contributed by atoms with Crippen LogP contribution in [-0.2, 0) is 9.53 Å². The van der Waals surface area contributed by atoms with Gasteiger partial charge in [0.05, 0.1) is 12.6 Å². The Labute approximate surface area is 99.1 Å². The first kappa shape index (κ1) is 15.4. The van der Waals surface area contributed by atoms with Crippen LogP contribution in [0.25, 0.3) is 0 Å². The standard InChI is InChI=1S/C12H26N2O2/c1-6-12(4,5)14-11(15)10(3)13-8-9-16-7-2/h10,13H,6-9H2,1-5H3,(H,14,15). The third-order valence-corrected chi connectivity index (χ3v) is 2.64. The van der Waals surface area contributed by atoms with Gasteiger partial charge in [-0.3, -0.25) is 4.79 Å². The van der Waals surface area contributed by atoms with E-state index < -0.39 is 0 Å². The molecule has 96 valence electrons. The van der Waals surface area contributed by atoms with Gasteiger partial charge in [-0.2, -0.15) is 0 Å². The lowest BCUT2D eigenvalue weighted by atomic mass is 10.0. The number of nitrogens with one attached hydrogen (secondary N) is 2. The summed E-state index contributed by atoms with van der Waals surface area (Å²) in [6, 6.07) is -0.175. The first-order valence-corrected chi connectivity index (χ1v) is 6.06. The summed E-state index contributed by atoms with van der Waals surface area (Å²) in [6.07, 6.45) is 0.921. The van der Waals surface area contributed by atoms with Gasteiger partial charge in [0.2, 0.25) is 5.91 Å². The molecule has 0 aliphatic carbocycles. The predicted molar refractivity (Wildman–Crippen MR) is 66.5 cm³/mol. The zero-order valence-electron chi connectivity index (χ0n) is 11.2. The van der Waals surface area contributed by atoms with Crippen molar-refractivity contribution in [1.82, 2.24) is 10.6 Å². The fourth-order valence-electron chi connectivity index (χ4n) is 1.11. The monoisotopic (exact) mass is 230 g/mol. The molecule has 1 unspecified atom stereocenters. The van der Waals surface area contributed by atoms with Crippen LogP contribution in [0.2, 0.25) is 0 Å². The molecule has 0 bridgehead atoms. The second-order valence-corrected chi connectivity index (χ2v) is 4.60. The number of amides is 1. The second-order valence-electron chi connectivity index (χ2n) is 4.60. The summed E-state index contributed by atoms with van der Waals surface area (Å²) in [6.45, 7) is 12.0. The Bertz CT molecular complexity index is 205. The van der Waals surface area contributed by atoms with Gasteiger partial charge in [-0.25, -0.2) is 0 Å². The first-order valence-electron chi connectivity index (χ1n) is 6.06. The highest BCUT2D eigenvalue weighted by atomic mass is 16.5. The molecule has 0 saturated heterocycles. The van der Waals surface area contributed by atoms with E-state index in [1.165, 1.54) is 0 Å². The third-order valence-electron chi connectivity index (χ3n) is 2.64. The zero-order chi connectivity index (χ0) is 12.6. The lowest BCUT2D eigenvalue weighted by Gasteiger charge is -2.26. The number of hydrogen-bond donors (Lipinski definition) is 2. The third kappa shape index (κ3) is 6.80. The summed E-state index contributed by atoms with van der Waals surface area (Å²) in [4.78, 5) is 11.8. The van der Waals surface area contributed by atoms with E-state index in [0.29, 0.717) is 19.8 Å². The fraction of sp³-hybridized carbons (Fsp3) is 0.917. The molecule has 0 aliphatic heterocycles. The Morgan fingerprint density at radius 1 is 1.38 bits per heavy atom. The molecular weight excluding hydrogens is 204 g/mol. The van der Waals surface area contributed by atoms with E-state index in [0.717, 1.165) is 6.42 Å². The van der Waals surface area contributed by atoms with Crippen LogP contribution in [0.3, 0.4) is 0 Å². The number of ether oxygens (including phenoxy) is 1. The average Bonchev–Trinajstić information content (AvgIpc) is 2.23. The molecular formula is C12H26N2O2. The van der Waals surface area contributed by atoms with E-state index in [2.05, 4.69) is 17.6 Å². The molecule has 2 N–H and O–H groups in total. The van der Waals surface area contributed by atoms with Gasteiger partial charge in [0.15, 0.2) is 0 Å². The van der Waals surface area contributed by atoms with Gasteiger partial charge in [0, 0.05) is 18.7 Å². The Hall–Kier alpha value is -0.610. The first-order chi connectivity index (χ1) is 7.43. The molecule has 0 saturated carbocycles. The van der Waals surface area contributed by atoms with Gasteiger partial charge in [-0.15, -0.1) is 0 Å². The number of hydrogen-bond acceptors (Lipinski definition) is 3. The van der Waals surface area contributed by atoms with Gasteiger partial charge in [0.25, 0.3) is 0 Å². The summed E-state index contributed by atoms with van der Waals surface area (Å²) < 4.78 is 5.19. The molecule has 0 aliphatic rings. The normalized spacial score (nSPS) is 13.6. The highest BCUT2D eigenvalue weighted by molar-refractivity contribution is 5.81. The van der Waals surface area contributed by atoms with Crippen molar-refractivity contribution in [2.45, 2.75) is 52.6 Å². The van der Waals surface area contributed by atoms with E-state index in [1.54, 1.807) is 0 Å². The lowest BCUT2D eigenvalue weighted by molar-refractivity contribution is -0.124. The van der Waals surface area contributed by atoms with Crippen molar-refractivity contribution in [3.63, 3.8) is 0 Å². The average molecular weight is 230 g/mol. The highest BCUT2D eigenvalue weighted by Crippen LogP contribution is 2.06. The quantitative estimate of drug-likeness (QED) is 0.618. The summed E-state index contributed by atoms with van der Waals surface area (Å²) in [5.41, 5.74) is -0.132. The van der Waals surface area contributed by atoms with E-state index in [9.17, 15) is 4.79 Å². The summed E-state index contributed by atoms with van der Waals surface area (Å²) >= 11 is 0. The van der Waals surface area contributed by atoms with Crippen molar-refractivity contribution >= 4 is 5.91 Å². The Balaban J connectivity index is 3.82. The second kappa shape index (κ2) is 7.63. The minimum atomic E-state index is -0.175. The minimum absolute atomic E-state index is 0.0448. The fourth-order valence-corrected chi connectivity index (χ4v) is 1.11. The lowest BCUT2D eigenvalue weighted by Crippen LogP contribution is -2.51. The van der Waals surface area contributed by atoms with Gasteiger partial charge in [0.1, 0.15) is 0 Å². The van der Waals surface area contributed by atoms with Crippen LogP contribution in [-0.4, -0.2) is 37.2 Å². The maximum atomic E-state index is 11.8. The predicted octanol–water partition coefficient (Wildman–Crippen LogP) is 1.31. The van der Waals surface area contributed by atoms with Crippen LogP contribution in [0.1, 0.15) is 41.0 Å². The minimum Gasteiger partial charge on any atom is -0.380 e. The van der Waals surface area contributed by atoms with E-state index in [1.807, 2.05) is 27.7 Å². The molecule has 16 heavy (non-hydrogen) atoms. The van der Waals surface area contributed by atoms with Crippen molar-refractivity contribution in [2.24, 2.45) is 0 Å². The molecule has 0 aromatic heterocycles. The van der Waals surface area contributed by atoms with Crippen molar-refractivity contribution < 1.29 is 9.53 Å². The molecule has 0 fully saturated rings. The van der Waals surface area contributed by atoms with Crippen LogP contribution in [0.15, 0.2) is 0 Å². The smallest absolute Gasteiger partial charge is 0.237 e. The highest BCUT2D eigenvalue weighted by Gasteiger charge is 2.21. The molecule has 0 spiro atoms. The maximum absolute atomic E-state index is 11.8. The SMILES string of the molecule is CCOCCNC(C)C(=O)NC(C)(C)CC. The molecule has 0 aromatic carbocycles. The summed E-state index contributed by atoms with van der Waals surface area (Å²) in [5, 5.41) is 6.13. The van der Waals surface area contributed by atoms with Gasteiger partial charge in [-0.05, 0) is 34.1 Å². The Kier molecular flexibility index (Phi) is 7.34. The summed E-state index contributed by atoms with van der Waals surface area (Å²) in [7, 11) is 0. The van der Waals surface area contributed by atoms with Gasteiger partial charge < -0.3 is 15.4 Å². The van der Waals surface area contributed by atoms with Crippen LogP contribution in [0.5, 0.6) is 0 Å². The van der Waals surface area contributed by atoms with Crippen molar-refractivity contribution in [3.05, 3.63) is 0 Å². The molecule has 4 nitrogen and oxygen atoms in total. The largest absolute Gasteiger partial charge is 0.380 e. The number of carbonyl (C=O) groups is 1. The molecule has 0 rings (SSSR count). The van der Waals surface area contributed by atoms with Gasteiger partial charge in [-0.1, -0.05) is 6.92 Å². The van der Waals surface area contributed by atoms with Crippen molar-refractivity contribution in [1.29, 1.82) is 0 Å². The van der Waals surface area contributed by atoms with E-state index >= 15 is 0 Å². The van der Waals surface area contributed by atoms with E-state index in [-0.39, 0.29) is 17.5 Å². The molecule has 1 amide bonds. The zero-order valence-corrected chi connectivity index (χ0v) is 11.2. The van der Waals surface area contributed by atoms with Crippen LogP contribution in [0.4, 0.5) is 0 Å². The van der Waals surface area contributed by atoms with Crippen molar-refractivity contribution in [3.8, 4) is 0 Å². The number of carbonyl (C=O) groups excluding carboxylic acids is 1. The topological polar surface area (TPSA) is 50.4 Å². The molecule has 0 heterocycles. The van der Waals surface area contributed by atoms with Crippen LogP contribution in [0, 0.1) is 0 Å². The van der Waals surface area contributed by atoms with Crippen LogP contribution >= 0.6 is 0 Å². The van der Waals surface area contributed by atoms with Crippen LogP contribution < -0.4 is 10.6 Å². The van der Waals surface area contributed by atoms with Crippen molar-refractivity contribution in [2.75, 3.05) is 19.8 Å². The maximum Gasteiger partial charge on any atom is 0.237 e. The Morgan fingerprint density at radius 2 is 2.00 bits per heavy atom. The molecule has 0 radical (unpaired) electrons. The van der Waals surface area contributed by atoms with E-state index in [4.69, 9.17) is 4.74 Å².